The summed E-state index contributed by atoms with van der Waals surface area (Å²) >= 11 is 5.39. The third kappa shape index (κ3) is 1.88. The van der Waals surface area contributed by atoms with Gasteiger partial charge in [-0.2, -0.15) is 5.26 Å². The fourth-order valence-corrected chi connectivity index (χ4v) is 1.98. The van der Waals surface area contributed by atoms with Crippen molar-refractivity contribution in [2.24, 2.45) is 0 Å². The van der Waals surface area contributed by atoms with Crippen LogP contribution >= 0.6 is 20.8 Å². The molecule has 12 heavy (non-hydrogen) atoms. The van der Waals surface area contributed by atoms with Crippen LogP contribution in [0.2, 0.25) is 0 Å². The molecule has 1 saturated heterocycles. The molecule has 0 N–H and O–H groups in total. The highest BCUT2D eigenvalue weighted by Crippen LogP contribution is 2.23. The molecule has 1 heterocycles. The summed E-state index contributed by atoms with van der Waals surface area (Å²) in [5.74, 6) is -0.177. The lowest BCUT2D eigenvalue weighted by molar-refractivity contribution is -0.128. The molecule has 3 atom stereocenters. The van der Waals surface area contributed by atoms with E-state index in [2.05, 4.69) is 15.3 Å². The fraction of sp³-hybridized carbons (Fsp3) is 0.714. The van der Waals surface area contributed by atoms with Gasteiger partial charge >= 0.3 is 0 Å². The number of nitriles is 1. The van der Waals surface area contributed by atoms with Crippen molar-refractivity contribution in [1.82, 2.24) is 4.90 Å². The Kier molecular flexibility index (Phi) is 3.31. The molecule has 1 aliphatic heterocycles. The Morgan fingerprint density at radius 2 is 2.50 bits per heavy atom. The van der Waals surface area contributed by atoms with Crippen molar-refractivity contribution in [2.45, 2.75) is 18.1 Å². The van der Waals surface area contributed by atoms with E-state index < -0.39 is 0 Å². The summed E-state index contributed by atoms with van der Waals surface area (Å²) in [6.07, 6.45) is 0.740. The molecule has 0 bridgehead atoms. The van der Waals surface area contributed by atoms with Crippen molar-refractivity contribution in [2.75, 3.05) is 12.4 Å². The molecule has 5 heteroatoms. The second kappa shape index (κ2) is 4.07. The van der Waals surface area contributed by atoms with Crippen LogP contribution in [0.5, 0.6) is 0 Å². The summed E-state index contributed by atoms with van der Waals surface area (Å²) in [4.78, 5) is 12.7. The van der Waals surface area contributed by atoms with Crippen LogP contribution in [0.3, 0.4) is 0 Å². The van der Waals surface area contributed by atoms with Crippen LogP contribution < -0.4 is 0 Å². The van der Waals surface area contributed by atoms with Gasteiger partial charge in [0.1, 0.15) is 11.9 Å². The molecule has 66 valence electrons. The standard InChI is InChI=1S/C7H10ClN2OP/c8-2-7(11)10-4-6(12)1-5(10)3-9/h5-6H,1-2,4,12H2/t5-,6-/m0/s1. The number of alkyl halides is 1. The molecule has 0 aromatic carbocycles. The summed E-state index contributed by atoms with van der Waals surface area (Å²) in [7, 11) is 2.63. The summed E-state index contributed by atoms with van der Waals surface area (Å²) < 4.78 is 0. The van der Waals surface area contributed by atoms with E-state index in [-0.39, 0.29) is 17.8 Å². The van der Waals surface area contributed by atoms with Crippen LogP contribution in [0.1, 0.15) is 6.42 Å². The number of carbonyl (C=O) groups is 1. The molecule has 1 amide bonds. The average molecular weight is 205 g/mol. The van der Waals surface area contributed by atoms with E-state index in [0.717, 1.165) is 6.42 Å². The van der Waals surface area contributed by atoms with Crippen LogP contribution in [0, 0.1) is 11.3 Å². The number of carbonyl (C=O) groups excluding carboxylic acids is 1. The second-order valence-corrected chi connectivity index (χ2v) is 4.03. The SMILES string of the molecule is N#C[C@@H]1C[C@H](P)CN1C(=O)CCl. The first-order chi connectivity index (χ1) is 5.69. The lowest BCUT2D eigenvalue weighted by atomic mass is 10.2. The van der Waals surface area contributed by atoms with Crippen molar-refractivity contribution in [3.63, 3.8) is 0 Å². The summed E-state index contributed by atoms with van der Waals surface area (Å²) in [5, 5.41) is 8.70. The van der Waals surface area contributed by atoms with E-state index in [1.807, 2.05) is 0 Å². The second-order valence-electron chi connectivity index (χ2n) is 2.82. The first kappa shape index (κ1) is 9.77. The average Bonchev–Trinajstić information content (AvgIpc) is 2.45. The van der Waals surface area contributed by atoms with E-state index in [1.54, 1.807) is 4.90 Å². The van der Waals surface area contributed by atoms with Gasteiger partial charge in [-0.25, -0.2) is 0 Å². The summed E-state index contributed by atoms with van der Waals surface area (Å²) in [5.41, 5.74) is 0.335. The van der Waals surface area contributed by atoms with Crippen molar-refractivity contribution in [1.29, 1.82) is 5.26 Å². The molecule has 0 aromatic heterocycles. The van der Waals surface area contributed by atoms with Crippen molar-refractivity contribution >= 4 is 26.7 Å². The first-order valence-electron chi connectivity index (χ1n) is 3.69. The minimum atomic E-state index is -0.279. The largest absolute Gasteiger partial charge is 0.325 e. The molecular formula is C7H10ClN2OP. The van der Waals surface area contributed by atoms with Crippen LogP contribution in [-0.2, 0) is 4.79 Å². The van der Waals surface area contributed by atoms with Gasteiger partial charge in [0.25, 0.3) is 0 Å². The maximum atomic E-state index is 11.2. The third-order valence-electron chi connectivity index (χ3n) is 1.92. The molecule has 1 unspecified atom stereocenters. The Morgan fingerprint density at radius 1 is 1.83 bits per heavy atom. The van der Waals surface area contributed by atoms with Gasteiger partial charge in [0.2, 0.25) is 5.91 Å². The van der Waals surface area contributed by atoms with Crippen LogP contribution in [0.25, 0.3) is 0 Å². The van der Waals surface area contributed by atoms with Crippen LogP contribution in [0.4, 0.5) is 0 Å². The molecule has 0 radical (unpaired) electrons. The van der Waals surface area contributed by atoms with Gasteiger partial charge in [0, 0.05) is 6.54 Å². The molecule has 1 fully saturated rings. The van der Waals surface area contributed by atoms with Gasteiger partial charge in [-0.05, 0) is 12.1 Å². The Labute approximate surface area is 78.9 Å². The van der Waals surface area contributed by atoms with E-state index in [0.29, 0.717) is 12.2 Å². The van der Waals surface area contributed by atoms with Crippen LogP contribution in [0.15, 0.2) is 0 Å². The minimum absolute atomic E-state index is 0.0322. The maximum Gasteiger partial charge on any atom is 0.238 e. The predicted octanol–water partition coefficient (Wildman–Crippen LogP) is 0.593. The first-order valence-corrected chi connectivity index (χ1v) is 4.89. The van der Waals surface area contributed by atoms with Gasteiger partial charge in [-0.3, -0.25) is 4.79 Å². The highest BCUT2D eigenvalue weighted by atomic mass is 35.5. The molecule has 0 aromatic rings. The number of nitrogens with zero attached hydrogens (tertiary/aromatic N) is 2. The fourth-order valence-electron chi connectivity index (χ4n) is 1.34. The predicted molar refractivity (Wildman–Crippen MR) is 49.9 cm³/mol. The maximum absolute atomic E-state index is 11.2. The van der Waals surface area contributed by atoms with Gasteiger partial charge in [0.15, 0.2) is 0 Å². The Balaban J connectivity index is 2.65. The van der Waals surface area contributed by atoms with E-state index in [4.69, 9.17) is 16.9 Å². The zero-order chi connectivity index (χ0) is 9.14. The molecule has 3 nitrogen and oxygen atoms in total. The van der Waals surface area contributed by atoms with Gasteiger partial charge < -0.3 is 4.90 Å². The number of amides is 1. The van der Waals surface area contributed by atoms with E-state index >= 15 is 0 Å². The van der Waals surface area contributed by atoms with Crippen LogP contribution in [-0.4, -0.2) is 34.9 Å². The Morgan fingerprint density at radius 3 is 3.00 bits per heavy atom. The highest BCUT2D eigenvalue weighted by molar-refractivity contribution is 7.17. The monoisotopic (exact) mass is 204 g/mol. The summed E-state index contributed by atoms with van der Waals surface area (Å²) in [6.45, 7) is 0.633. The van der Waals surface area contributed by atoms with Crippen molar-refractivity contribution in [3.05, 3.63) is 0 Å². The number of halogens is 1. The minimum Gasteiger partial charge on any atom is -0.325 e. The lowest BCUT2D eigenvalue weighted by Gasteiger charge is -2.17. The van der Waals surface area contributed by atoms with Crippen molar-refractivity contribution < 1.29 is 4.79 Å². The van der Waals surface area contributed by atoms with Crippen molar-refractivity contribution in [3.8, 4) is 6.07 Å². The summed E-state index contributed by atoms with van der Waals surface area (Å²) in [6, 6.07) is 1.81. The van der Waals surface area contributed by atoms with E-state index in [9.17, 15) is 4.79 Å². The third-order valence-corrected chi connectivity index (χ3v) is 2.63. The molecule has 0 spiro atoms. The topological polar surface area (TPSA) is 44.1 Å². The van der Waals surface area contributed by atoms with Gasteiger partial charge in [-0.15, -0.1) is 20.8 Å². The van der Waals surface area contributed by atoms with Gasteiger partial charge in [-0.1, -0.05) is 0 Å². The smallest absolute Gasteiger partial charge is 0.238 e. The number of rotatable bonds is 1. The van der Waals surface area contributed by atoms with Gasteiger partial charge in [0.05, 0.1) is 6.07 Å². The quantitative estimate of drug-likeness (QED) is 0.464. The van der Waals surface area contributed by atoms with E-state index in [1.165, 1.54) is 0 Å². The normalized spacial score (nSPS) is 28.6. The molecule has 0 aliphatic carbocycles. The zero-order valence-corrected chi connectivity index (χ0v) is 8.44. The number of hydrogen-bond acceptors (Lipinski definition) is 2. The Bertz CT molecular complexity index is 228. The highest BCUT2D eigenvalue weighted by Gasteiger charge is 2.32. The lowest BCUT2D eigenvalue weighted by Crippen LogP contribution is -2.35. The molecular weight excluding hydrogens is 195 g/mol. The molecule has 1 aliphatic rings. The molecule has 1 rings (SSSR count). The number of hydrogen-bond donors (Lipinski definition) is 0. The zero-order valence-electron chi connectivity index (χ0n) is 6.53. The Hall–Kier alpha value is -0.320. The molecule has 0 saturated carbocycles. The number of likely N-dealkylation sites (tertiary alicyclic amines) is 1.